The van der Waals surface area contributed by atoms with Crippen LogP contribution in [0.25, 0.3) is 0 Å². The van der Waals surface area contributed by atoms with Gasteiger partial charge in [-0.15, -0.1) is 0 Å². The minimum absolute atomic E-state index is 0.123. The molecule has 0 unspecified atom stereocenters. The summed E-state index contributed by atoms with van der Waals surface area (Å²) in [5.41, 5.74) is -0.857. The molecule has 5 heteroatoms. The van der Waals surface area contributed by atoms with Crippen molar-refractivity contribution in [1.29, 1.82) is 0 Å². The highest BCUT2D eigenvalue weighted by Crippen LogP contribution is 2.27. The minimum Gasteiger partial charge on any atom is -0.389 e. The lowest BCUT2D eigenvalue weighted by Gasteiger charge is -2.28. The first-order valence-electron chi connectivity index (χ1n) is 7.18. The minimum atomic E-state index is -0.857. The Kier molecular flexibility index (Phi) is 5.62. The maximum absolute atomic E-state index is 11.8. The molecule has 0 heterocycles. The predicted octanol–water partition coefficient (Wildman–Crippen LogP) is 1.27. The molecule has 0 atom stereocenters. The largest absolute Gasteiger partial charge is 0.389 e. The van der Waals surface area contributed by atoms with E-state index in [4.69, 9.17) is 0 Å². The van der Waals surface area contributed by atoms with Crippen LogP contribution in [0.2, 0.25) is 0 Å². The third kappa shape index (κ3) is 6.25. The van der Waals surface area contributed by atoms with Gasteiger partial charge in [-0.1, -0.05) is 0 Å². The van der Waals surface area contributed by atoms with E-state index in [9.17, 15) is 9.90 Å². The van der Waals surface area contributed by atoms with Crippen LogP contribution in [0.4, 0.5) is 4.79 Å². The number of nitrogens with zero attached hydrogens (tertiary/aromatic N) is 2. The first-order valence-corrected chi connectivity index (χ1v) is 7.18. The predicted molar refractivity (Wildman–Crippen MR) is 77.2 cm³/mol. The highest BCUT2D eigenvalue weighted by atomic mass is 16.3. The topological polar surface area (TPSA) is 55.8 Å². The van der Waals surface area contributed by atoms with Gasteiger partial charge in [0.05, 0.1) is 12.1 Å². The molecule has 0 aliphatic heterocycles. The highest BCUT2D eigenvalue weighted by molar-refractivity contribution is 5.73. The molecule has 0 radical (unpaired) electrons. The molecule has 1 aliphatic rings. The molecular formula is C14H29N3O2. The summed E-state index contributed by atoms with van der Waals surface area (Å²) in [7, 11) is 1.70. The van der Waals surface area contributed by atoms with Crippen LogP contribution in [0, 0.1) is 0 Å². The van der Waals surface area contributed by atoms with E-state index >= 15 is 0 Å². The van der Waals surface area contributed by atoms with Gasteiger partial charge < -0.3 is 15.3 Å². The fourth-order valence-electron chi connectivity index (χ4n) is 2.35. The van der Waals surface area contributed by atoms with E-state index in [-0.39, 0.29) is 6.03 Å². The summed E-state index contributed by atoms with van der Waals surface area (Å²) in [6, 6.07) is 1.12. The zero-order chi connectivity index (χ0) is 14.6. The van der Waals surface area contributed by atoms with Crippen LogP contribution in [-0.4, -0.2) is 65.3 Å². The molecule has 0 aromatic heterocycles. The maximum Gasteiger partial charge on any atom is 0.317 e. The number of carbonyl (C=O) groups excluding carboxylic acids is 1. The van der Waals surface area contributed by atoms with Crippen molar-refractivity contribution in [3.05, 3.63) is 0 Å². The van der Waals surface area contributed by atoms with E-state index in [0.717, 1.165) is 6.54 Å². The van der Waals surface area contributed by atoms with E-state index < -0.39 is 5.60 Å². The third-order valence-corrected chi connectivity index (χ3v) is 3.30. The molecule has 112 valence electrons. The fraction of sp³-hybridized carbons (Fsp3) is 0.929. The Balaban J connectivity index is 2.26. The van der Waals surface area contributed by atoms with E-state index in [2.05, 4.69) is 24.1 Å². The zero-order valence-electron chi connectivity index (χ0n) is 12.9. The molecule has 5 nitrogen and oxygen atoms in total. The second-order valence-corrected chi connectivity index (χ2v) is 6.46. The monoisotopic (exact) mass is 271 g/mol. The van der Waals surface area contributed by atoms with Gasteiger partial charge in [0.25, 0.3) is 0 Å². The van der Waals surface area contributed by atoms with E-state index in [1.165, 1.54) is 17.7 Å². The normalized spacial score (nSPS) is 16.0. The van der Waals surface area contributed by atoms with Gasteiger partial charge in [-0.05, 0) is 40.5 Å². The molecule has 1 aliphatic carbocycles. The molecule has 1 fully saturated rings. The summed E-state index contributed by atoms with van der Waals surface area (Å²) in [4.78, 5) is 15.8. The number of urea groups is 1. The average Bonchev–Trinajstić information content (AvgIpc) is 3.04. The van der Waals surface area contributed by atoms with Gasteiger partial charge in [0.15, 0.2) is 0 Å². The summed E-state index contributed by atoms with van der Waals surface area (Å²) in [6.07, 6.45) is 2.56. The van der Waals surface area contributed by atoms with E-state index in [1.54, 1.807) is 20.9 Å². The van der Waals surface area contributed by atoms with Crippen molar-refractivity contribution in [1.82, 2.24) is 15.1 Å². The average molecular weight is 271 g/mol. The standard InChI is InChI=1S/C14H29N3O2/c1-11(2)17(12-6-7-12)9-8-15-13(18)16(5)10-14(3,4)19/h11-12,19H,6-10H2,1-5H3,(H,15,18). The van der Waals surface area contributed by atoms with Gasteiger partial charge in [-0.3, -0.25) is 4.90 Å². The summed E-state index contributed by atoms with van der Waals surface area (Å²) >= 11 is 0. The quantitative estimate of drug-likeness (QED) is 0.733. The number of carbonyl (C=O) groups is 1. The first kappa shape index (κ1) is 16.2. The van der Waals surface area contributed by atoms with Crippen LogP contribution in [0.15, 0.2) is 0 Å². The number of amides is 2. The second kappa shape index (κ2) is 6.57. The Hall–Kier alpha value is -0.810. The van der Waals surface area contributed by atoms with E-state index in [1.807, 2.05) is 0 Å². The first-order chi connectivity index (χ1) is 8.70. The van der Waals surface area contributed by atoms with Gasteiger partial charge in [0, 0.05) is 32.2 Å². The fourth-order valence-corrected chi connectivity index (χ4v) is 2.35. The van der Waals surface area contributed by atoms with Crippen molar-refractivity contribution in [2.75, 3.05) is 26.7 Å². The van der Waals surface area contributed by atoms with Crippen molar-refractivity contribution in [2.24, 2.45) is 0 Å². The van der Waals surface area contributed by atoms with Crippen LogP contribution in [0.1, 0.15) is 40.5 Å². The van der Waals surface area contributed by atoms with Crippen LogP contribution in [0.3, 0.4) is 0 Å². The van der Waals surface area contributed by atoms with Crippen molar-refractivity contribution in [3.63, 3.8) is 0 Å². The molecule has 2 N–H and O–H groups in total. The number of likely N-dealkylation sites (N-methyl/N-ethyl adjacent to an activating group) is 1. The third-order valence-electron chi connectivity index (χ3n) is 3.30. The molecule has 19 heavy (non-hydrogen) atoms. The number of rotatable bonds is 7. The number of aliphatic hydroxyl groups is 1. The molecule has 0 bridgehead atoms. The molecule has 0 aromatic carbocycles. The van der Waals surface area contributed by atoms with Crippen molar-refractivity contribution in [3.8, 4) is 0 Å². The molecule has 2 amide bonds. The Bertz CT molecular complexity index is 294. The Morgan fingerprint density at radius 3 is 2.42 bits per heavy atom. The molecule has 0 spiro atoms. The highest BCUT2D eigenvalue weighted by Gasteiger charge is 2.30. The molecule has 1 rings (SSSR count). The summed E-state index contributed by atoms with van der Waals surface area (Å²) < 4.78 is 0. The van der Waals surface area contributed by atoms with Crippen LogP contribution >= 0.6 is 0 Å². The summed E-state index contributed by atoms with van der Waals surface area (Å²) in [6.45, 7) is 9.67. The van der Waals surface area contributed by atoms with Crippen molar-refractivity contribution < 1.29 is 9.90 Å². The SMILES string of the molecule is CC(C)N(CCNC(=O)N(C)CC(C)(C)O)C1CC1. The van der Waals surface area contributed by atoms with Crippen LogP contribution in [-0.2, 0) is 0 Å². The van der Waals surface area contributed by atoms with E-state index in [0.29, 0.717) is 25.2 Å². The summed E-state index contributed by atoms with van der Waals surface area (Å²) in [5, 5.41) is 12.6. The Morgan fingerprint density at radius 2 is 2.00 bits per heavy atom. The van der Waals surface area contributed by atoms with Gasteiger partial charge in [0.2, 0.25) is 0 Å². The number of hydrogen-bond donors (Lipinski definition) is 2. The Morgan fingerprint density at radius 1 is 1.42 bits per heavy atom. The Labute approximate surface area is 117 Å². The lowest BCUT2D eigenvalue weighted by Crippen LogP contribution is -2.47. The smallest absolute Gasteiger partial charge is 0.317 e. The van der Waals surface area contributed by atoms with Crippen LogP contribution < -0.4 is 5.32 Å². The summed E-state index contributed by atoms with van der Waals surface area (Å²) in [5.74, 6) is 0. The van der Waals surface area contributed by atoms with Gasteiger partial charge in [-0.25, -0.2) is 4.79 Å². The number of nitrogens with one attached hydrogen (secondary N) is 1. The number of hydrogen-bond acceptors (Lipinski definition) is 3. The van der Waals surface area contributed by atoms with Gasteiger partial charge >= 0.3 is 6.03 Å². The molecule has 1 saturated carbocycles. The molecular weight excluding hydrogens is 242 g/mol. The van der Waals surface area contributed by atoms with Crippen molar-refractivity contribution in [2.45, 2.75) is 58.2 Å². The van der Waals surface area contributed by atoms with Crippen LogP contribution in [0.5, 0.6) is 0 Å². The molecule has 0 aromatic rings. The zero-order valence-corrected chi connectivity index (χ0v) is 12.9. The van der Waals surface area contributed by atoms with Gasteiger partial charge in [-0.2, -0.15) is 0 Å². The maximum atomic E-state index is 11.8. The molecule has 0 saturated heterocycles. The second-order valence-electron chi connectivity index (χ2n) is 6.46. The van der Waals surface area contributed by atoms with Gasteiger partial charge in [0.1, 0.15) is 0 Å². The lowest BCUT2D eigenvalue weighted by atomic mass is 10.1. The van der Waals surface area contributed by atoms with Crippen molar-refractivity contribution >= 4 is 6.03 Å². The lowest BCUT2D eigenvalue weighted by molar-refractivity contribution is 0.0530.